The second-order valence-corrected chi connectivity index (χ2v) is 4.65. The Morgan fingerprint density at radius 2 is 2.00 bits per heavy atom. The first-order valence-corrected chi connectivity index (χ1v) is 6.68. The summed E-state index contributed by atoms with van der Waals surface area (Å²) in [6.07, 6.45) is 1.80. The van der Waals surface area contributed by atoms with Crippen molar-refractivity contribution in [1.82, 2.24) is 9.97 Å². The van der Waals surface area contributed by atoms with E-state index in [1.54, 1.807) is 6.20 Å². The number of nitrogens with zero attached hydrogens (tertiary/aromatic N) is 2. The number of hydrogen-bond acceptors (Lipinski definition) is 3. The number of rotatable bonds is 3. The summed E-state index contributed by atoms with van der Waals surface area (Å²) in [5.74, 6) is 0.596. The van der Waals surface area contributed by atoms with Gasteiger partial charge in [0.2, 0.25) is 0 Å². The Bertz CT molecular complexity index is 809. The normalized spacial score (nSPS) is 10.9. The van der Waals surface area contributed by atoms with Crippen LogP contribution in [0.1, 0.15) is 18.3 Å². The zero-order valence-corrected chi connectivity index (χ0v) is 11.7. The van der Waals surface area contributed by atoms with Gasteiger partial charge in [-0.15, -0.1) is 0 Å². The maximum absolute atomic E-state index is 5.52. The molecule has 0 aliphatic rings. The van der Waals surface area contributed by atoms with Crippen molar-refractivity contribution in [2.75, 3.05) is 6.61 Å². The summed E-state index contributed by atoms with van der Waals surface area (Å²) in [4.78, 5) is 9.10. The molecular weight excluding hydrogens is 248 g/mol. The Hall–Kier alpha value is -2.42. The largest absolute Gasteiger partial charge is 0.492 e. The van der Waals surface area contributed by atoms with Crippen LogP contribution in [0.3, 0.4) is 0 Å². The number of ether oxygens (including phenoxy) is 1. The molecule has 0 N–H and O–H groups in total. The standard InChI is InChI=1S/C17H16N2O/c1-4-20-12(3)17-16-11(2)19-15-8-6-5-7-13(15)14(16)9-10-18-17/h5-10H,3-4H2,1-2H3. The maximum Gasteiger partial charge on any atom is 0.138 e. The number of aromatic nitrogens is 2. The average Bonchev–Trinajstić information content (AvgIpc) is 2.47. The quantitative estimate of drug-likeness (QED) is 0.527. The molecule has 0 fully saturated rings. The minimum Gasteiger partial charge on any atom is -0.492 e. The lowest BCUT2D eigenvalue weighted by Gasteiger charge is -2.12. The highest BCUT2D eigenvalue weighted by molar-refractivity contribution is 6.08. The fourth-order valence-corrected chi connectivity index (χ4v) is 2.54. The molecule has 0 bridgehead atoms. The molecule has 3 aromatic rings. The van der Waals surface area contributed by atoms with Crippen molar-refractivity contribution in [3.05, 3.63) is 54.5 Å². The smallest absolute Gasteiger partial charge is 0.138 e. The van der Waals surface area contributed by atoms with Crippen molar-refractivity contribution in [1.29, 1.82) is 0 Å². The zero-order chi connectivity index (χ0) is 14.1. The molecule has 3 nitrogen and oxygen atoms in total. The van der Waals surface area contributed by atoms with Gasteiger partial charge in [-0.1, -0.05) is 24.8 Å². The van der Waals surface area contributed by atoms with Gasteiger partial charge >= 0.3 is 0 Å². The first kappa shape index (κ1) is 12.6. The Labute approximate surface area is 117 Å². The van der Waals surface area contributed by atoms with E-state index in [1.807, 2.05) is 38.1 Å². The van der Waals surface area contributed by atoms with Crippen molar-refractivity contribution in [3.8, 4) is 0 Å². The van der Waals surface area contributed by atoms with E-state index >= 15 is 0 Å². The molecule has 1 aromatic carbocycles. The molecule has 0 aliphatic carbocycles. The lowest BCUT2D eigenvalue weighted by molar-refractivity contribution is 0.298. The molecular formula is C17H16N2O. The van der Waals surface area contributed by atoms with Crippen LogP contribution in [0.15, 0.2) is 43.1 Å². The van der Waals surface area contributed by atoms with E-state index in [2.05, 4.69) is 22.6 Å². The number of benzene rings is 1. The number of pyridine rings is 2. The van der Waals surface area contributed by atoms with Crippen LogP contribution in [0.2, 0.25) is 0 Å². The van der Waals surface area contributed by atoms with Crippen LogP contribution < -0.4 is 0 Å². The van der Waals surface area contributed by atoms with E-state index in [1.165, 1.54) is 0 Å². The van der Waals surface area contributed by atoms with Gasteiger partial charge < -0.3 is 4.74 Å². The lowest BCUT2D eigenvalue weighted by Crippen LogP contribution is -1.98. The highest BCUT2D eigenvalue weighted by Crippen LogP contribution is 2.30. The highest BCUT2D eigenvalue weighted by atomic mass is 16.5. The molecule has 2 aromatic heterocycles. The van der Waals surface area contributed by atoms with Gasteiger partial charge in [0.25, 0.3) is 0 Å². The van der Waals surface area contributed by atoms with E-state index in [9.17, 15) is 0 Å². The first-order chi connectivity index (χ1) is 9.72. The van der Waals surface area contributed by atoms with Gasteiger partial charge in [0.15, 0.2) is 0 Å². The maximum atomic E-state index is 5.52. The monoisotopic (exact) mass is 264 g/mol. The summed E-state index contributed by atoms with van der Waals surface area (Å²) in [6.45, 7) is 8.49. The molecule has 20 heavy (non-hydrogen) atoms. The minimum atomic E-state index is 0.580. The molecule has 100 valence electrons. The Kier molecular flexibility index (Phi) is 3.11. The van der Waals surface area contributed by atoms with E-state index in [4.69, 9.17) is 4.74 Å². The fourth-order valence-electron chi connectivity index (χ4n) is 2.54. The number of hydrogen-bond donors (Lipinski definition) is 0. The molecule has 0 radical (unpaired) electrons. The topological polar surface area (TPSA) is 35.0 Å². The molecule has 0 saturated heterocycles. The minimum absolute atomic E-state index is 0.580. The summed E-state index contributed by atoms with van der Waals surface area (Å²) < 4.78 is 5.52. The fraction of sp³-hybridized carbons (Fsp3) is 0.176. The second-order valence-electron chi connectivity index (χ2n) is 4.65. The van der Waals surface area contributed by atoms with E-state index in [-0.39, 0.29) is 0 Å². The predicted molar refractivity (Wildman–Crippen MR) is 82.4 cm³/mol. The van der Waals surface area contributed by atoms with Crippen molar-refractivity contribution in [2.45, 2.75) is 13.8 Å². The lowest BCUT2D eigenvalue weighted by atomic mass is 10.0. The van der Waals surface area contributed by atoms with Crippen LogP contribution in [0, 0.1) is 6.92 Å². The Morgan fingerprint density at radius 1 is 1.20 bits per heavy atom. The van der Waals surface area contributed by atoms with Crippen molar-refractivity contribution in [2.24, 2.45) is 0 Å². The Morgan fingerprint density at radius 3 is 2.80 bits per heavy atom. The predicted octanol–water partition coefficient (Wildman–Crippen LogP) is 4.10. The number of fused-ring (bicyclic) bond motifs is 3. The van der Waals surface area contributed by atoms with Crippen LogP contribution in [0.4, 0.5) is 0 Å². The Balaban J connectivity index is 2.40. The third kappa shape index (κ3) is 1.92. The summed E-state index contributed by atoms with van der Waals surface area (Å²) in [5, 5.41) is 3.28. The zero-order valence-electron chi connectivity index (χ0n) is 11.7. The molecule has 3 rings (SSSR count). The van der Waals surface area contributed by atoms with Gasteiger partial charge in [-0.3, -0.25) is 9.97 Å². The van der Waals surface area contributed by atoms with E-state index < -0.39 is 0 Å². The third-order valence-corrected chi connectivity index (χ3v) is 3.38. The van der Waals surface area contributed by atoms with Gasteiger partial charge in [-0.2, -0.15) is 0 Å². The molecule has 0 unspecified atom stereocenters. The van der Waals surface area contributed by atoms with Crippen LogP contribution in [0.25, 0.3) is 27.4 Å². The molecule has 0 spiro atoms. The van der Waals surface area contributed by atoms with E-state index in [0.717, 1.165) is 33.1 Å². The highest BCUT2D eigenvalue weighted by Gasteiger charge is 2.13. The number of aryl methyl sites for hydroxylation is 1. The van der Waals surface area contributed by atoms with Gasteiger partial charge in [-0.25, -0.2) is 0 Å². The molecule has 0 saturated carbocycles. The molecule has 3 heteroatoms. The van der Waals surface area contributed by atoms with Crippen molar-refractivity contribution in [3.63, 3.8) is 0 Å². The first-order valence-electron chi connectivity index (χ1n) is 6.68. The molecule has 2 heterocycles. The van der Waals surface area contributed by atoms with Gasteiger partial charge in [0.05, 0.1) is 12.1 Å². The van der Waals surface area contributed by atoms with Crippen molar-refractivity contribution < 1.29 is 4.74 Å². The van der Waals surface area contributed by atoms with Gasteiger partial charge in [0.1, 0.15) is 11.5 Å². The van der Waals surface area contributed by atoms with Gasteiger partial charge in [-0.05, 0) is 31.4 Å². The summed E-state index contributed by atoms with van der Waals surface area (Å²) >= 11 is 0. The van der Waals surface area contributed by atoms with Crippen LogP contribution in [-0.4, -0.2) is 16.6 Å². The van der Waals surface area contributed by atoms with E-state index in [0.29, 0.717) is 12.4 Å². The molecule has 0 aliphatic heterocycles. The summed E-state index contributed by atoms with van der Waals surface area (Å²) in [7, 11) is 0. The second kappa shape index (κ2) is 4.93. The number of para-hydroxylation sites is 1. The van der Waals surface area contributed by atoms with Crippen LogP contribution >= 0.6 is 0 Å². The van der Waals surface area contributed by atoms with Crippen LogP contribution in [0.5, 0.6) is 0 Å². The summed E-state index contributed by atoms with van der Waals surface area (Å²) in [6, 6.07) is 10.2. The summed E-state index contributed by atoms with van der Waals surface area (Å²) in [5.41, 5.74) is 2.72. The average molecular weight is 264 g/mol. The molecule has 0 amide bonds. The molecule has 0 atom stereocenters. The van der Waals surface area contributed by atoms with Crippen LogP contribution in [-0.2, 0) is 4.74 Å². The third-order valence-electron chi connectivity index (χ3n) is 3.38. The SMILES string of the molecule is C=C(OCC)c1nccc2c1c(C)nc1ccccc12. The van der Waals surface area contributed by atoms with Gasteiger partial charge in [0, 0.05) is 22.7 Å². The van der Waals surface area contributed by atoms with Crippen molar-refractivity contribution >= 4 is 27.4 Å².